The van der Waals surface area contributed by atoms with Crippen molar-refractivity contribution < 1.29 is 17.6 Å². The molecule has 2 heterocycles. The fourth-order valence-corrected chi connectivity index (χ4v) is 5.01. The summed E-state index contributed by atoms with van der Waals surface area (Å²) < 4.78 is 41.4. The number of aryl methyl sites for hydroxylation is 1. The lowest BCUT2D eigenvalue weighted by Crippen LogP contribution is -2.42. The zero-order chi connectivity index (χ0) is 20.4. The highest BCUT2D eigenvalue weighted by Crippen LogP contribution is 2.31. The van der Waals surface area contributed by atoms with E-state index < -0.39 is 16.1 Å². The summed E-state index contributed by atoms with van der Waals surface area (Å²) in [4.78, 5) is 15.7. The van der Waals surface area contributed by atoms with Crippen LogP contribution in [0.15, 0.2) is 48.5 Å². The number of aromatic nitrogens is 1. The average Bonchev–Trinajstić information content (AvgIpc) is 3.35. The molecule has 1 amide bonds. The van der Waals surface area contributed by atoms with Crippen molar-refractivity contribution in [2.45, 2.75) is 25.7 Å². The number of fused-ring (bicyclic) bond motifs is 1. The summed E-state index contributed by atoms with van der Waals surface area (Å²) in [6.07, 6.45) is 2.01. The Morgan fingerprint density at radius 2 is 1.76 bits per heavy atom. The van der Waals surface area contributed by atoms with E-state index in [1.807, 2.05) is 24.3 Å². The third kappa shape index (κ3) is 4.18. The minimum Gasteiger partial charge on any atom is -0.354 e. The summed E-state index contributed by atoms with van der Waals surface area (Å²) in [5.74, 6) is -0.856. The second-order valence-corrected chi connectivity index (χ2v) is 8.84. The molecule has 29 heavy (non-hydrogen) atoms. The van der Waals surface area contributed by atoms with Gasteiger partial charge < -0.3 is 4.98 Å². The van der Waals surface area contributed by atoms with Crippen LogP contribution in [0.5, 0.6) is 0 Å². The van der Waals surface area contributed by atoms with Gasteiger partial charge in [0.25, 0.3) is 0 Å². The van der Waals surface area contributed by atoms with Crippen molar-refractivity contribution in [3.8, 4) is 11.3 Å². The second kappa shape index (κ2) is 7.96. The number of carbonyl (C=O) groups is 1. The first-order chi connectivity index (χ1) is 13.9. The molecule has 152 valence electrons. The van der Waals surface area contributed by atoms with Crippen LogP contribution < -0.4 is 4.72 Å². The minimum atomic E-state index is -3.78. The van der Waals surface area contributed by atoms with Crippen LogP contribution in [0.2, 0.25) is 0 Å². The van der Waals surface area contributed by atoms with Gasteiger partial charge in [-0.2, -0.15) is 12.7 Å². The molecule has 0 unspecified atom stereocenters. The first-order valence-electron chi connectivity index (χ1n) is 9.60. The van der Waals surface area contributed by atoms with Gasteiger partial charge in [0, 0.05) is 36.1 Å². The first-order valence-corrected chi connectivity index (χ1v) is 11.0. The van der Waals surface area contributed by atoms with Crippen molar-refractivity contribution in [3.05, 3.63) is 59.9 Å². The zero-order valence-corrected chi connectivity index (χ0v) is 16.6. The molecular weight excluding hydrogens is 393 g/mol. The molecule has 2 aromatic carbocycles. The molecule has 0 atom stereocenters. The molecular formula is C21H22FN3O3S. The van der Waals surface area contributed by atoms with E-state index in [2.05, 4.69) is 9.71 Å². The summed E-state index contributed by atoms with van der Waals surface area (Å²) in [6, 6.07) is 13.8. The Morgan fingerprint density at radius 3 is 2.48 bits per heavy atom. The fourth-order valence-electron chi connectivity index (χ4n) is 3.75. The largest absolute Gasteiger partial charge is 0.354 e. The van der Waals surface area contributed by atoms with E-state index in [9.17, 15) is 17.6 Å². The van der Waals surface area contributed by atoms with Gasteiger partial charge in [0.1, 0.15) is 5.82 Å². The maximum atomic E-state index is 13.3. The molecule has 3 aromatic rings. The monoisotopic (exact) mass is 415 g/mol. The van der Waals surface area contributed by atoms with Gasteiger partial charge >= 0.3 is 10.2 Å². The molecule has 2 N–H and O–H groups in total. The van der Waals surface area contributed by atoms with E-state index >= 15 is 0 Å². The number of H-pyrrole nitrogens is 1. The highest BCUT2D eigenvalue weighted by molar-refractivity contribution is 7.87. The van der Waals surface area contributed by atoms with Gasteiger partial charge in [-0.3, -0.25) is 4.79 Å². The Bertz CT molecular complexity index is 1130. The lowest BCUT2D eigenvalue weighted by atomic mass is 10.0. The van der Waals surface area contributed by atoms with E-state index in [4.69, 9.17) is 0 Å². The number of hydrogen-bond donors (Lipinski definition) is 2. The highest BCUT2D eigenvalue weighted by atomic mass is 32.2. The van der Waals surface area contributed by atoms with Crippen molar-refractivity contribution in [3.63, 3.8) is 0 Å². The van der Waals surface area contributed by atoms with Crippen molar-refractivity contribution in [1.29, 1.82) is 0 Å². The molecule has 6 nitrogen and oxygen atoms in total. The Labute approximate surface area is 168 Å². The Morgan fingerprint density at radius 1 is 1.07 bits per heavy atom. The van der Waals surface area contributed by atoms with Gasteiger partial charge in [-0.15, -0.1) is 0 Å². The summed E-state index contributed by atoms with van der Waals surface area (Å²) in [6.45, 7) is 0.888. The predicted octanol–water partition coefficient (Wildman–Crippen LogP) is 3.36. The lowest BCUT2D eigenvalue weighted by Gasteiger charge is -2.15. The van der Waals surface area contributed by atoms with Crippen LogP contribution in [0.4, 0.5) is 4.39 Å². The molecule has 0 radical (unpaired) electrons. The maximum Gasteiger partial charge on any atom is 0.303 e. The van der Waals surface area contributed by atoms with Gasteiger partial charge in [-0.1, -0.05) is 18.2 Å². The SMILES string of the molecule is O=C(CCc1c(-c2ccc(F)cc2)[nH]c2ccccc12)NS(=O)(=O)N1CCCC1. The van der Waals surface area contributed by atoms with E-state index in [1.54, 1.807) is 12.1 Å². The van der Waals surface area contributed by atoms with Crippen LogP contribution in [0.1, 0.15) is 24.8 Å². The van der Waals surface area contributed by atoms with E-state index in [0.717, 1.165) is 40.6 Å². The number of para-hydroxylation sites is 1. The Kier molecular flexibility index (Phi) is 5.38. The minimum absolute atomic E-state index is 0.0309. The number of nitrogens with one attached hydrogen (secondary N) is 2. The van der Waals surface area contributed by atoms with Crippen molar-refractivity contribution in [2.75, 3.05) is 13.1 Å². The highest BCUT2D eigenvalue weighted by Gasteiger charge is 2.27. The Balaban J connectivity index is 1.56. The zero-order valence-electron chi connectivity index (χ0n) is 15.8. The molecule has 4 rings (SSSR count). The fraction of sp³-hybridized carbons (Fsp3) is 0.286. The Hall–Kier alpha value is -2.71. The molecule has 1 aliphatic heterocycles. The van der Waals surface area contributed by atoms with Crippen LogP contribution in [-0.4, -0.2) is 36.7 Å². The standard InChI is InChI=1S/C21H22FN3O3S/c22-16-9-7-15(8-10-16)21-18(17-5-1-2-6-19(17)23-21)11-12-20(26)24-29(27,28)25-13-3-4-14-25/h1-2,5-10,23H,3-4,11-14H2,(H,24,26). The quantitative estimate of drug-likeness (QED) is 0.648. The van der Waals surface area contributed by atoms with Crippen LogP contribution in [0, 0.1) is 5.82 Å². The normalized spacial score (nSPS) is 15.1. The first kappa shape index (κ1) is 19.6. The molecule has 8 heteroatoms. The molecule has 0 spiro atoms. The number of carbonyl (C=O) groups excluding carboxylic acids is 1. The molecule has 1 aromatic heterocycles. The third-order valence-corrected chi connectivity index (χ3v) is 6.73. The molecule has 0 saturated carbocycles. The van der Waals surface area contributed by atoms with Gasteiger partial charge in [0.15, 0.2) is 0 Å². The topological polar surface area (TPSA) is 82.3 Å². The second-order valence-electron chi connectivity index (χ2n) is 7.17. The van der Waals surface area contributed by atoms with Crippen molar-refractivity contribution in [2.24, 2.45) is 0 Å². The maximum absolute atomic E-state index is 13.3. The summed E-state index contributed by atoms with van der Waals surface area (Å²) in [7, 11) is -3.78. The third-order valence-electron chi connectivity index (χ3n) is 5.20. The number of benzene rings is 2. The number of rotatable bonds is 6. The lowest BCUT2D eigenvalue weighted by molar-refractivity contribution is -0.119. The molecule has 1 saturated heterocycles. The van der Waals surface area contributed by atoms with Gasteiger partial charge in [0.2, 0.25) is 5.91 Å². The van der Waals surface area contributed by atoms with Gasteiger partial charge in [-0.05, 0) is 60.7 Å². The van der Waals surface area contributed by atoms with E-state index in [-0.39, 0.29) is 12.2 Å². The van der Waals surface area contributed by atoms with E-state index in [0.29, 0.717) is 19.5 Å². The number of nitrogens with zero attached hydrogens (tertiary/aromatic N) is 1. The van der Waals surface area contributed by atoms with Crippen LogP contribution in [0.3, 0.4) is 0 Å². The predicted molar refractivity (Wildman–Crippen MR) is 110 cm³/mol. The van der Waals surface area contributed by atoms with Crippen LogP contribution in [-0.2, 0) is 21.4 Å². The molecule has 1 aliphatic rings. The van der Waals surface area contributed by atoms with Crippen molar-refractivity contribution >= 4 is 27.0 Å². The number of hydrogen-bond acceptors (Lipinski definition) is 3. The smallest absolute Gasteiger partial charge is 0.303 e. The van der Waals surface area contributed by atoms with Gasteiger partial charge in [0.05, 0.1) is 0 Å². The summed E-state index contributed by atoms with van der Waals surface area (Å²) >= 11 is 0. The van der Waals surface area contributed by atoms with Gasteiger partial charge in [-0.25, -0.2) is 9.11 Å². The number of halogens is 1. The van der Waals surface area contributed by atoms with E-state index in [1.165, 1.54) is 16.4 Å². The molecule has 0 bridgehead atoms. The number of aromatic amines is 1. The number of amides is 1. The summed E-state index contributed by atoms with van der Waals surface area (Å²) in [5, 5.41) is 0.960. The summed E-state index contributed by atoms with van der Waals surface area (Å²) in [5.41, 5.74) is 3.43. The van der Waals surface area contributed by atoms with Crippen LogP contribution in [0.25, 0.3) is 22.2 Å². The molecule has 0 aliphatic carbocycles. The molecule has 1 fully saturated rings. The van der Waals surface area contributed by atoms with Crippen LogP contribution >= 0.6 is 0 Å². The average molecular weight is 415 g/mol. The van der Waals surface area contributed by atoms with Crippen molar-refractivity contribution in [1.82, 2.24) is 14.0 Å².